The molecule has 1 fully saturated rings. The number of unbranched alkanes of at least 4 members (excludes halogenated alkanes) is 11. The fraction of sp³-hybridized carbons (Fsp3) is 0.923. The van der Waals surface area contributed by atoms with Gasteiger partial charge < -0.3 is 19.9 Å². The molecule has 0 radical (unpaired) electrons. The molecule has 2 atom stereocenters. The lowest BCUT2D eigenvalue weighted by Crippen LogP contribution is -2.32. The molecular formula is C26H49NO5. The van der Waals surface area contributed by atoms with Crippen molar-refractivity contribution < 1.29 is 24.2 Å². The van der Waals surface area contributed by atoms with Crippen molar-refractivity contribution in [3.63, 3.8) is 0 Å². The minimum Gasteiger partial charge on any atom is -0.465 e. The van der Waals surface area contributed by atoms with Crippen LogP contribution in [0.25, 0.3) is 0 Å². The summed E-state index contributed by atoms with van der Waals surface area (Å²) >= 11 is 0. The number of esters is 2. The standard InChI is InChI=1S/C26H49NO5/c1-4-5-6-7-8-9-10-12-16-19-32-25(30)26(2,3)17-14-11-13-15-18-31-24(29)23-20-22(28)21-27-23/h22-23,27-28H,4-21H2,1-3H3/t22-,23-/m0/s1. The van der Waals surface area contributed by atoms with Crippen LogP contribution in [0.5, 0.6) is 0 Å². The smallest absolute Gasteiger partial charge is 0.323 e. The van der Waals surface area contributed by atoms with E-state index in [-0.39, 0.29) is 18.0 Å². The van der Waals surface area contributed by atoms with Gasteiger partial charge in [-0.05, 0) is 33.1 Å². The topological polar surface area (TPSA) is 84.9 Å². The molecular weight excluding hydrogens is 406 g/mol. The highest BCUT2D eigenvalue weighted by Crippen LogP contribution is 2.26. The number of rotatable bonds is 19. The Hall–Kier alpha value is -1.14. The van der Waals surface area contributed by atoms with Gasteiger partial charge in [-0.3, -0.25) is 9.59 Å². The third-order valence-electron chi connectivity index (χ3n) is 6.37. The van der Waals surface area contributed by atoms with E-state index in [4.69, 9.17) is 9.47 Å². The average Bonchev–Trinajstić information content (AvgIpc) is 3.20. The zero-order chi connectivity index (χ0) is 23.7. The van der Waals surface area contributed by atoms with Gasteiger partial charge in [0.25, 0.3) is 0 Å². The molecule has 32 heavy (non-hydrogen) atoms. The summed E-state index contributed by atoms with van der Waals surface area (Å²) in [5.74, 6) is -0.352. The first kappa shape index (κ1) is 28.9. The lowest BCUT2D eigenvalue weighted by atomic mass is 9.87. The van der Waals surface area contributed by atoms with E-state index < -0.39 is 11.5 Å². The van der Waals surface area contributed by atoms with E-state index in [9.17, 15) is 14.7 Å². The van der Waals surface area contributed by atoms with Gasteiger partial charge in [-0.2, -0.15) is 0 Å². The molecule has 1 aliphatic rings. The molecule has 0 aromatic heterocycles. The largest absolute Gasteiger partial charge is 0.465 e. The average molecular weight is 456 g/mol. The third kappa shape index (κ3) is 13.4. The number of aliphatic hydroxyl groups is 1. The van der Waals surface area contributed by atoms with E-state index in [1.807, 2.05) is 13.8 Å². The van der Waals surface area contributed by atoms with E-state index >= 15 is 0 Å². The van der Waals surface area contributed by atoms with Gasteiger partial charge in [-0.15, -0.1) is 0 Å². The quantitative estimate of drug-likeness (QED) is 0.203. The molecule has 0 amide bonds. The fourth-order valence-corrected chi connectivity index (χ4v) is 4.07. The van der Waals surface area contributed by atoms with Gasteiger partial charge in [0.15, 0.2) is 0 Å². The number of aliphatic hydroxyl groups excluding tert-OH is 1. The van der Waals surface area contributed by atoms with E-state index in [0.717, 1.165) is 44.9 Å². The van der Waals surface area contributed by atoms with Crippen LogP contribution >= 0.6 is 0 Å². The maximum Gasteiger partial charge on any atom is 0.323 e. The van der Waals surface area contributed by atoms with Crippen molar-refractivity contribution >= 4 is 11.9 Å². The van der Waals surface area contributed by atoms with E-state index in [1.54, 1.807) is 0 Å². The first-order chi connectivity index (χ1) is 15.4. The fourth-order valence-electron chi connectivity index (χ4n) is 4.07. The second kappa shape index (κ2) is 17.4. The van der Waals surface area contributed by atoms with Crippen molar-refractivity contribution in [2.45, 2.75) is 129 Å². The summed E-state index contributed by atoms with van der Waals surface area (Å²) in [4.78, 5) is 24.2. The molecule has 0 aliphatic carbocycles. The zero-order valence-corrected chi connectivity index (χ0v) is 21.0. The highest BCUT2D eigenvalue weighted by atomic mass is 16.5. The maximum absolute atomic E-state index is 12.4. The Morgan fingerprint density at radius 1 is 0.844 bits per heavy atom. The monoisotopic (exact) mass is 455 g/mol. The third-order valence-corrected chi connectivity index (χ3v) is 6.37. The van der Waals surface area contributed by atoms with Crippen molar-refractivity contribution in [1.82, 2.24) is 5.32 Å². The minimum absolute atomic E-state index is 0.0859. The molecule has 0 bridgehead atoms. The van der Waals surface area contributed by atoms with Crippen LogP contribution in [0.2, 0.25) is 0 Å². The summed E-state index contributed by atoms with van der Waals surface area (Å²) in [6.45, 7) is 7.59. The number of hydrogen-bond acceptors (Lipinski definition) is 6. The molecule has 1 heterocycles. The molecule has 0 saturated carbocycles. The summed E-state index contributed by atoms with van der Waals surface area (Å²) < 4.78 is 10.8. The minimum atomic E-state index is -0.451. The molecule has 6 nitrogen and oxygen atoms in total. The predicted molar refractivity (Wildman–Crippen MR) is 128 cm³/mol. The van der Waals surface area contributed by atoms with Gasteiger partial charge in [0.05, 0.1) is 24.7 Å². The molecule has 1 aliphatic heterocycles. The van der Waals surface area contributed by atoms with Gasteiger partial charge >= 0.3 is 11.9 Å². The first-order valence-electron chi connectivity index (χ1n) is 13.1. The van der Waals surface area contributed by atoms with Crippen LogP contribution in [0.3, 0.4) is 0 Å². The predicted octanol–water partition coefficient (Wildman–Crippen LogP) is 5.30. The van der Waals surface area contributed by atoms with Crippen LogP contribution < -0.4 is 5.32 Å². The van der Waals surface area contributed by atoms with Crippen molar-refractivity contribution in [3.05, 3.63) is 0 Å². The maximum atomic E-state index is 12.4. The van der Waals surface area contributed by atoms with Gasteiger partial charge in [-0.25, -0.2) is 0 Å². The molecule has 1 rings (SSSR count). The highest BCUT2D eigenvalue weighted by Gasteiger charge is 2.29. The number of nitrogens with one attached hydrogen (secondary N) is 1. The lowest BCUT2D eigenvalue weighted by Gasteiger charge is -2.22. The van der Waals surface area contributed by atoms with Crippen molar-refractivity contribution in [3.8, 4) is 0 Å². The SMILES string of the molecule is CCCCCCCCCCCOC(=O)C(C)(C)CCCCCCOC(=O)[C@@H]1C[C@H](O)CN1. The number of carbonyl (C=O) groups excluding carboxylic acids is 2. The second-order valence-electron chi connectivity index (χ2n) is 10.0. The van der Waals surface area contributed by atoms with E-state index in [2.05, 4.69) is 12.2 Å². The molecule has 0 aromatic rings. The normalized spacial score (nSPS) is 18.6. The van der Waals surface area contributed by atoms with Crippen molar-refractivity contribution in [1.29, 1.82) is 0 Å². The highest BCUT2D eigenvalue weighted by molar-refractivity contribution is 5.76. The van der Waals surface area contributed by atoms with Crippen LogP contribution in [0.1, 0.15) is 117 Å². The number of carbonyl (C=O) groups is 2. The molecule has 1 saturated heterocycles. The zero-order valence-electron chi connectivity index (χ0n) is 21.0. The Balaban J connectivity index is 1.95. The van der Waals surface area contributed by atoms with Gasteiger partial charge in [-0.1, -0.05) is 77.6 Å². The molecule has 0 aromatic carbocycles. The second-order valence-corrected chi connectivity index (χ2v) is 10.0. The number of β-amino-alcohol motifs (C(OH)–C–C–N with tert-alkyl or cyclic N) is 1. The summed E-state index contributed by atoms with van der Waals surface area (Å²) in [6.07, 6.45) is 15.9. The van der Waals surface area contributed by atoms with Crippen LogP contribution in [0, 0.1) is 5.41 Å². The molecule has 0 spiro atoms. The van der Waals surface area contributed by atoms with E-state index in [1.165, 1.54) is 44.9 Å². The Morgan fingerprint density at radius 3 is 1.94 bits per heavy atom. The van der Waals surface area contributed by atoms with Crippen LogP contribution in [0.4, 0.5) is 0 Å². The van der Waals surface area contributed by atoms with Gasteiger partial charge in [0.2, 0.25) is 0 Å². The summed E-state index contributed by atoms with van der Waals surface area (Å²) in [5, 5.41) is 12.4. The molecule has 2 N–H and O–H groups in total. The van der Waals surface area contributed by atoms with Crippen molar-refractivity contribution in [2.75, 3.05) is 19.8 Å². The Labute approximate surface area is 196 Å². The van der Waals surface area contributed by atoms with Crippen LogP contribution in [-0.2, 0) is 19.1 Å². The van der Waals surface area contributed by atoms with Gasteiger partial charge in [0.1, 0.15) is 6.04 Å². The number of ether oxygens (including phenoxy) is 2. The van der Waals surface area contributed by atoms with Crippen molar-refractivity contribution in [2.24, 2.45) is 5.41 Å². The van der Waals surface area contributed by atoms with Gasteiger partial charge in [0, 0.05) is 13.0 Å². The molecule has 188 valence electrons. The van der Waals surface area contributed by atoms with Crippen LogP contribution in [-0.4, -0.2) is 48.9 Å². The number of hydrogen-bond donors (Lipinski definition) is 2. The Kier molecular flexibility index (Phi) is 15.7. The summed E-state index contributed by atoms with van der Waals surface area (Å²) in [5.41, 5.74) is -0.444. The first-order valence-corrected chi connectivity index (χ1v) is 13.1. The van der Waals surface area contributed by atoms with Crippen LogP contribution in [0.15, 0.2) is 0 Å². The Morgan fingerprint density at radius 2 is 1.38 bits per heavy atom. The summed E-state index contributed by atoms with van der Waals surface area (Å²) in [7, 11) is 0. The lowest BCUT2D eigenvalue weighted by molar-refractivity contribution is -0.154. The Bertz CT molecular complexity index is 508. The molecule has 6 heteroatoms. The van der Waals surface area contributed by atoms with E-state index in [0.29, 0.717) is 26.2 Å². The summed E-state index contributed by atoms with van der Waals surface area (Å²) in [6, 6.07) is -0.368. The molecule has 0 unspecified atom stereocenters.